The summed E-state index contributed by atoms with van der Waals surface area (Å²) >= 11 is 0. The number of rotatable bonds is 1. The van der Waals surface area contributed by atoms with Crippen molar-refractivity contribution in [2.75, 3.05) is 0 Å². The fourth-order valence-electron chi connectivity index (χ4n) is 1.34. The molecule has 0 radical (unpaired) electrons. The van der Waals surface area contributed by atoms with Crippen LogP contribution in [0.3, 0.4) is 0 Å². The largest absolute Gasteiger partial charge is 1.00 e. The molecule has 18 heavy (non-hydrogen) atoms. The van der Waals surface area contributed by atoms with E-state index in [2.05, 4.69) is 25.6 Å². The summed E-state index contributed by atoms with van der Waals surface area (Å²) in [6, 6.07) is -1.35. The van der Waals surface area contributed by atoms with E-state index in [-0.39, 0.29) is 68.4 Å². The van der Waals surface area contributed by atoms with Crippen LogP contribution in [0, 0.1) is 6.85 Å². The molecule has 0 aromatic carbocycles. The minimum atomic E-state index is -2.77. The Hall–Kier alpha value is -0.934. The number of aromatic nitrogens is 6. The van der Waals surface area contributed by atoms with Crippen LogP contribution in [0.2, 0.25) is 0 Å². The van der Waals surface area contributed by atoms with E-state index in [1.54, 1.807) is 0 Å². The van der Waals surface area contributed by atoms with Gasteiger partial charge in [0.05, 0.1) is 9.68 Å². The molecule has 7 nitrogen and oxygen atoms in total. The monoisotopic (exact) mass is 272 g/mol. The molecule has 0 N–H and O–H groups in total. The van der Waals surface area contributed by atoms with E-state index in [1.165, 1.54) is 0 Å². The molecule has 0 atom stereocenters. The fourth-order valence-corrected chi connectivity index (χ4v) is 1.34. The summed E-state index contributed by atoms with van der Waals surface area (Å²) in [5, 5.41) is 13.5. The molecule has 0 amide bonds. The van der Waals surface area contributed by atoms with Crippen LogP contribution in [0.4, 0.5) is 0 Å². The zero-order valence-corrected chi connectivity index (χ0v) is 12.3. The summed E-state index contributed by atoms with van der Waals surface area (Å²) in [6.07, 6.45) is 0.388. The number of tetrazole rings is 1. The predicted octanol–water partition coefficient (Wildman–Crippen LogP) is -3.18. The van der Waals surface area contributed by atoms with Crippen molar-refractivity contribution >= 4 is 5.65 Å². The maximum absolute atomic E-state index is 12.5. The van der Waals surface area contributed by atoms with Gasteiger partial charge in [0.2, 0.25) is 0 Å². The van der Waals surface area contributed by atoms with Gasteiger partial charge in [-0.25, -0.2) is 4.98 Å². The number of nitrogens with zero attached hydrogens (tertiary/aromatic N) is 6. The molecule has 0 fully saturated rings. The Morgan fingerprint density at radius 1 is 1.56 bits per heavy atom. The molecule has 0 aliphatic heterocycles. The van der Waals surface area contributed by atoms with Crippen molar-refractivity contribution in [1.82, 2.24) is 30.0 Å². The molecule has 3 rings (SSSR count). The van der Waals surface area contributed by atoms with Crippen LogP contribution >= 0.6 is 0 Å². The Bertz CT molecular complexity index is 969. The van der Waals surface area contributed by atoms with Gasteiger partial charge in [-0.15, -0.1) is 0 Å². The Morgan fingerprint density at radius 3 is 3.17 bits per heavy atom. The summed E-state index contributed by atoms with van der Waals surface area (Å²) < 4.78 is 46.5. The van der Waals surface area contributed by atoms with E-state index in [1.807, 2.05) is 0 Å². The van der Waals surface area contributed by atoms with Crippen molar-refractivity contribution in [3.05, 3.63) is 40.4 Å². The van der Waals surface area contributed by atoms with Gasteiger partial charge in [0.1, 0.15) is 5.65 Å². The van der Waals surface area contributed by atoms with E-state index in [0.717, 1.165) is 6.20 Å². The van der Waals surface area contributed by atoms with Crippen molar-refractivity contribution in [2.45, 2.75) is 6.85 Å². The summed E-state index contributed by atoms with van der Waals surface area (Å²) in [7, 11) is 0. The molecule has 8 heteroatoms. The number of pyridine rings is 1. The molecule has 3 aromatic heterocycles. The first kappa shape index (κ1) is 7.61. The maximum atomic E-state index is 12.5. The van der Waals surface area contributed by atoms with Gasteiger partial charge in [-0.05, 0) is 18.5 Å². The second kappa shape index (κ2) is 5.37. The second-order valence-electron chi connectivity index (χ2n) is 3.08. The van der Waals surface area contributed by atoms with E-state index in [9.17, 15) is 4.79 Å². The second-order valence-corrected chi connectivity index (χ2v) is 3.08. The van der Waals surface area contributed by atoms with Crippen molar-refractivity contribution in [1.29, 1.82) is 0 Å². The summed E-state index contributed by atoms with van der Waals surface area (Å²) in [5.41, 5.74) is -1.93. The van der Waals surface area contributed by atoms with Crippen molar-refractivity contribution in [2.24, 2.45) is 0 Å². The zero-order chi connectivity index (χ0) is 16.9. The molecule has 0 saturated carbocycles. The van der Waals surface area contributed by atoms with Crippen LogP contribution in [-0.4, -0.2) is 24.9 Å². The first-order valence-electron chi connectivity index (χ1n) is 7.44. The summed E-state index contributed by atoms with van der Waals surface area (Å²) in [5.74, 6) is -0.131. The standard InChI is InChI=1S/C10H7N6O.K/c1-6-3-2-4-16-9(6)11-5-7(10(16)17)8-12-14-15-13-8;/h2-5H,1H3;/q-1;+1/i1D3,2D,3D,4D;. The minimum absolute atomic E-state index is 0. The Morgan fingerprint density at radius 2 is 2.44 bits per heavy atom. The molecule has 0 spiro atoms. The van der Waals surface area contributed by atoms with Gasteiger partial charge in [-0.1, -0.05) is 6.04 Å². The molecular formula is C10H7KN6O. The van der Waals surface area contributed by atoms with E-state index >= 15 is 0 Å². The van der Waals surface area contributed by atoms with Crippen molar-refractivity contribution < 1.29 is 59.6 Å². The van der Waals surface area contributed by atoms with Crippen LogP contribution in [0.1, 0.15) is 13.8 Å². The third-order valence-electron chi connectivity index (χ3n) is 2.10. The van der Waals surface area contributed by atoms with E-state index < -0.39 is 36.2 Å². The average molecular weight is 272 g/mol. The Balaban J connectivity index is 0.00000208. The third kappa shape index (κ3) is 2.17. The van der Waals surface area contributed by atoms with Crippen molar-refractivity contribution in [3.8, 4) is 11.4 Å². The molecule has 0 bridgehead atoms. The van der Waals surface area contributed by atoms with Crippen LogP contribution < -0.4 is 62.0 Å². The molecule has 0 saturated heterocycles. The smallest absolute Gasteiger partial charge is 0.330 e. The van der Waals surface area contributed by atoms with Gasteiger partial charge in [-0.2, -0.15) is 5.21 Å². The van der Waals surface area contributed by atoms with Gasteiger partial charge in [-0.3, -0.25) is 19.5 Å². The SMILES string of the molecule is [2H]c1c([2H])c([2H])n2c(=O)c(-c3nnn[n-]3)cnc2c1C([2H])([2H])[2H].[K+]. The van der Waals surface area contributed by atoms with Gasteiger partial charge < -0.3 is 5.10 Å². The molecule has 0 aliphatic rings. The number of hydrogen-bond donors (Lipinski definition) is 0. The third-order valence-corrected chi connectivity index (χ3v) is 2.10. The summed E-state index contributed by atoms with van der Waals surface area (Å²) in [6.45, 7) is -2.77. The van der Waals surface area contributed by atoms with Gasteiger partial charge >= 0.3 is 51.4 Å². The van der Waals surface area contributed by atoms with E-state index in [4.69, 9.17) is 8.22 Å². The van der Waals surface area contributed by atoms with Crippen LogP contribution in [0.25, 0.3) is 17.0 Å². The fraction of sp³-hybridized carbons (Fsp3) is 0.100. The van der Waals surface area contributed by atoms with Gasteiger partial charge in [0, 0.05) is 22.3 Å². The predicted molar refractivity (Wildman–Crippen MR) is 58.3 cm³/mol. The Kier molecular flexibility index (Phi) is 2.27. The molecule has 0 aliphatic carbocycles. The van der Waals surface area contributed by atoms with E-state index in [0.29, 0.717) is 4.40 Å². The number of hydrogen-bond acceptors (Lipinski definition) is 5. The van der Waals surface area contributed by atoms with Gasteiger partial charge in [0.15, 0.2) is 0 Å². The Labute approximate surface area is 152 Å². The first-order valence-corrected chi connectivity index (χ1v) is 4.44. The molecule has 3 aromatic rings. The quantitative estimate of drug-likeness (QED) is 0.434. The average Bonchev–Trinajstić information content (AvgIpc) is 2.97. The van der Waals surface area contributed by atoms with Gasteiger partial charge in [0.25, 0.3) is 5.56 Å². The molecule has 0 unspecified atom stereocenters. The van der Waals surface area contributed by atoms with Crippen LogP contribution in [0.5, 0.6) is 0 Å². The minimum Gasteiger partial charge on any atom is -0.330 e. The van der Waals surface area contributed by atoms with Crippen molar-refractivity contribution in [3.63, 3.8) is 0 Å². The van der Waals surface area contributed by atoms with Crippen LogP contribution in [0.15, 0.2) is 29.2 Å². The summed E-state index contributed by atoms with van der Waals surface area (Å²) in [4.78, 5) is 16.4. The zero-order valence-electron chi connectivity index (χ0n) is 15.2. The normalized spacial score (nSPS) is 15.8. The molecule has 3 heterocycles. The number of aryl methyl sites for hydroxylation is 1. The number of fused-ring (bicyclic) bond motifs is 1. The molecular weight excluding hydrogens is 259 g/mol. The van der Waals surface area contributed by atoms with Crippen LogP contribution in [-0.2, 0) is 0 Å². The first-order chi connectivity index (χ1) is 10.7. The topological polar surface area (TPSA) is 87.1 Å². The molecule has 84 valence electrons. The maximum Gasteiger partial charge on any atom is 1.00 e.